The lowest BCUT2D eigenvalue weighted by molar-refractivity contribution is -0.393. The van der Waals surface area contributed by atoms with Crippen LogP contribution in [-0.4, -0.2) is 15.6 Å². The molecule has 0 radical (unpaired) electrons. The molecule has 8 heteroatoms. The summed E-state index contributed by atoms with van der Waals surface area (Å²) in [5.41, 5.74) is 3.05. The molecule has 0 aromatic heterocycles. The van der Waals surface area contributed by atoms with Gasteiger partial charge in [-0.3, -0.25) is 25.7 Å². The number of hydrazone groups is 1. The summed E-state index contributed by atoms with van der Waals surface area (Å²) in [4.78, 5) is 20.3. The van der Waals surface area contributed by atoms with Crippen molar-refractivity contribution in [2.45, 2.75) is 32.6 Å². The number of anilines is 1. The maximum absolute atomic E-state index is 11.0. The molecule has 0 bridgehead atoms. The average Bonchev–Trinajstić information content (AvgIpc) is 2.98. The van der Waals surface area contributed by atoms with Crippen molar-refractivity contribution < 1.29 is 9.85 Å². The highest BCUT2D eigenvalue weighted by molar-refractivity contribution is 5.85. The van der Waals surface area contributed by atoms with E-state index in [0.29, 0.717) is 5.92 Å². The lowest BCUT2D eigenvalue weighted by Gasteiger charge is -2.09. The van der Waals surface area contributed by atoms with E-state index >= 15 is 0 Å². The maximum atomic E-state index is 11.0. The Balaban J connectivity index is 2.20. The van der Waals surface area contributed by atoms with E-state index < -0.39 is 9.85 Å². The monoisotopic (exact) mass is 292 g/mol. The topological polar surface area (TPSA) is 111 Å². The first-order valence-electron chi connectivity index (χ1n) is 6.72. The summed E-state index contributed by atoms with van der Waals surface area (Å²) in [5.74, 6) is 0.412. The van der Waals surface area contributed by atoms with E-state index in [4.69, 9.17) is 0 Å². The molecule has 1 aliphatic carbocycles. The summed E-state index contributed by atoms with van der Waals surface area (Å²) in [7, 11) is 0. The smallest absolute Gasteiger partial charge is 0.272 e. The molecule has 8 nitrogen and oxygen atoms in total. The summed E-state index contributed by atoms with van der Waals surface area (Å²) in [6, 6.07) is 3.46. The molecule has 0 atom stereocenters. The van der Waals surface area contributed by atoms with Gasteiger partial charge in [-0.1, -0.05) is 12.8 Å². The Hall–Kier alpha value is -2.51. The van der Waals surface area contributed by atoms with Crippen LogP contribution in [0.5, 0.6) is 0 Å². The second kappa shape index (κ2) is 6.29. The molecule has 0 spiro atoms. The van der Waals surface area contributed by atoms with Gasteiger partial charge >= 0.3 is 5.69 Å². The zero-order valence-corrected chi connectivity index (χ0v) is 11.6. The van der Waals surface area contributed by atoms with Crippen LogP contribution < -0.4 is 5.43 Å². The fourth-order valence-electron chi connectivity index (χ4n) is 2.46. The van der Waals surface area contributed by atoms with E-state index in [2.05, 4.69) is 10.5 Å². The van der Waals surface area contributed by atoms with Gasteiger partial charge in [0, 0.05) is 11.8 Å². The second-order valence-electron chi connectivity index (χ2n) is 5.06. The molecule has 2 rings (SSSR count). The highest BCUT2D eigenvalue weighted by Gasteiger charge is 2.20. The Labute approximate surface area is 121 Å². The second-order valence-corrected chi connectivity index (χ2v) is 5.06. The molecule has 1 aliphatic rings. The number of non-ortho nitro benzene ring substituents is 1. The van der Waals surface area contributed by atoms with E-state index in [0.717, 1.165) is 24.6 Å². The van der Waals surface area contributed by atoms with Crippen LogP contribution in [0.1, 0.15) is 32.6 Å². The van der Waals surface area contributed by atoms with Crippen LogP contribution in [0.4, 0.5) is 17.1 Å². The van der Waals surface area contributed by atoms with Crippen LogP contribution in [0.2, 0.25) is 0 Å². The van der Waals surface area contributed by atoms with E-state index in [1.165, 1.54) is 25.0 Å². The predicted octanol–water partition coefficient (Wildman–Crippen LogP) is 3.48. The molecule has 1 aromatic carbocycles. The maximum Gasteiger partial charge on any atom is 0.301 e. The van der Waals surface area contributed by atoms with Crippen molar-refractivity contribution in [2.24, 2.45) is 11.0 Å². The van der Waals surface area contributed by atoms with Gasteiger partial charge in [0.05, 0.1) is 15.9 Å². The molecule has 0 saturated heterocycles. The standard InChI is InChI=1S/C13H16N4O4/c1-9(10-4-2-3-5-10)14-15-12-7-6-11(16(18)19)8-13(12)17(20)21/h6-8,10,15H,2-5H2,1H3/b14-9-. The van der Waals surface area contributed by atoms with E-state index in [1.54, 1.807) is 0 Å². The summed E-state index contributed by atoms with van der Waals surface area (Å²) in [5, 5.41) is 25.8. The highest BCUT2D eigenvalue weighted by Crippen LogP contribution is 2.30. The minimum absolute atomic E-state index is 0.156. The predicted molar refractivity (Wildman–Crippen MR) is 78.4 cm³/mol. The van der Waals surface area contributed by atoms with Gasteiger partial charge in [0.2, 0.25) is 0 Å². The number of nitrogens with one attached hydrogen (secondary N) is 1. The molecule has 0 unspecified atom stereocenters. The van der Waals surface area contributed by atoms with Crippen molar-refractivity contribution in [1.29, 1.82) is 0 Å². The van der Waals surface area contributed by atoms with E-state index in [1.807, 2.05) is 6.92 Å². The van der Waals surface area contributed by atoms with Gasteiger partial charge in [0.1, 0.15) is 5.69 Å². The molecule has 112 valence electrons. The minimum Gasteiger partial charge on any atom is -0.272 e. The number of nitro groups is 2. The molecule has 21 heavy (non-hydrogen) atoms. The molecule has 0 amide bonds. The largest absolute Gasteiger partial charge is 0.301 e. The third-order valence-corrected chi connectivity index (χ3v) is 3.69. The van der Waals surface area contributed by atoms with Crippen LogP contribution in [-0.2, 0) is 0 Å². The van der Waals surface area contributed by atoms with Gasteiger partial charge < -0.3 is 0 Å². The molecule has 0 heterocycles. The van der Waals surface area contributed by atoms with Gasteiger partial charge in [-0.2, -0.15) is 5.10 Å². The zero-order valence-electron chi connectivity index (χ0n) is 11.6. The Morgan fingerprint density at radius 2 is 1.90 bits per heavy atom. The number of nitrogens with zero attached hydrogens (tertiary/aromatic N) is 3. The lowest BCUT2D eigenvalue weighted by atomic mass is 10.0. The lowest BCUT2D eigenvalue weighted by Crippen LogP contribution is -2.09. The van der Waals surface area contributed by atoms with Gasteiger partial charge in [-0.05, 0) is 31.7 Å². The number of hydrogen-bond acceptors (Lipinski definition) is 6. The summed E-state index contributed by atoms with van der Waals surface area (Å²) < 4.78 is 0. The Morgan fingerprint density at radius 3 is 2.48 bits per heavy atom. The van der Waals surface area contributed by atoms with Gasteiger partial charge in [0.25, 0.3) is 5.69 Å². The van der Waals surface area contributed by atoms with Gasteiger partial charge in [-0.15, -0.1) is 0 Å². The Kier molecular flexibility index (Phi) is 4.46. The van der Waals surface area contributed by atoms with Crippen molar-refractivity contribution >= 4 is 22.8 Å². The fraction of sp³-hybridized carbons (Fsp3) is 0.462. The highest BCUT2D eigenvalue weighted by atomic mass is 16.6. The molecule has 1 fully saturated rings. The van der Waals surface area contributed by atoms with Crippen LogP contribution >= 0.6 is 0 Å². The number of nitro benzene ring substituents is 2. The van der Waals surface area contributed by atoms with Gasteiger partial charge in [0.15, 0.2) is 0 Å². The molecular formula is C13H16N4O4. The summed E-state index contributed by atoms with van der Waals surface area (Å²) in [6.45, 7) is 1.89. The average molecular weight is 292 g/mol. The first kappa shape index (κ1) is 14.9. The minimum atomic E-state index is -0.663. The van der Waals surface area contributed by atoms with E-state index in [9.17, 15) is 20.2 Å². The van der Waals surface area contributed by atoms with Crippen molar-refractivity contribution in [3.05, 3.63) is 38.4 Å². The molecule has 0 aliphatic heterocycles. The fourth-order valence-corrected chi connectivity index (χ4v) is 2.46. The number of benzene rings is 1. The SMILES string of the molecule is C/C(=N/Nc1ccc([N+](=O)[O-])cc1[N+](=O)[O-])C1CCCC1. The van der Waals surface area contributed by atoms with Gasteiger partial charge in [-0.25, -0.2) is 0 Å². The molecule has 1 aromatic rings. The molecule has 1 N–H and O–H groups in total. The number of hydrogen-bond donors (Lipinski definition) is 1. The van der Waals surface area contributed by atoms with Crippen LogP contribution in [0.3, 0.4) is 0 Å². The van der Waals surface area contributed by atoms with Crippen molar-refractivity contribution in [3.8, 4) is 0 Å². The van der Waals surface area contributed by atoms with Crippen molar-refractivity contribution in [3.63, 3.8) is 0 Å². The first-order chi connectivity index (χ1) is 9.99. The van der Waals surface area contributed by atoms with Crippen molar-refractivity contribution in [1.82, 2.24) is 0 Å². The zero-order chi connectivity index (χ0) is 15.4. The van der Waals surface area contributed by atoms with Crippen LogP contribution in [0.25, 0.3) is 0 Å². The summed E-state index contributed by atoms with van der Waals surface area (Å²) in [6.07, 6.45) is 4.52. The first-order valence-corrected chi connectivity index (χ1v) is 6.72. The third-order valence-electron chi connectivity index (χ3n) is 3.69. The van der Waals surface area contributed by atoms with Crippen LogP contribution in [0, 0.1) is 26.1 Å². The Bertz CT molecular complexity index is 594. The summed E-state index contributed by atoms with van der Waals surface area (Å²) >= 11 is 0. The van der Waals surface area contributed by atoms with E-state index in [-0.39, 0.29) is 17.1 Å². The number of rotatable bonds is 5. The Morgan fingerprint density at radius 1 is 1.24 bits per heavy atom. The van der Waals surface area contributed by atoms with Crippen LogP contribution in [0.15, 0.2) is 23.3 Å². The quantitative estimate of drug-likeness (QED) is 0.507. The molecular weight excluding hydrogens is 276 g/mol. The van der Waals surface area contributed by atoms with Crippen molar-refractivity contribution in [2.75, 3.05) is 5.43 Å². The third kappa shape index (κ3) is 3.53. The molecule has 1 saturated carbocycles. The normalized spacial score (nSPS) is 16.0.